The Labute approximate surface area is 485 Å². The van der Waals surface area contributed by atoms with Crippen LogP contribution in [0.4, 0.5) is 0 Å². The van der Waals surface area contributed by atoms with Crippen LogP contribution in [0.15, 0.2) is 267 Å². The predicted molar refractivity (Wildman–Crippen MR) is 349 cm³/mol. The quantitative estimate of drug-likeness (QED) is 0.177. The molecule has 2 aliphatic carbocycles. The third-order valence-corrected chi connectivity index (χ3v) is 19.4. The number of hydrogen-bond acceptors (Lipinski definition) is 2. The zero-order chi connectivity index (χ0) is 55.4. The third kappa shape index (κ3) is 5.43. The zero-order valence-corrected chi connectivity index (χ0v) is 45.6. The van der Waals surface area contributed by atoms with Crippen molar-refractivity contribution in [3.05, 3.63) is 295 Å². The van der Waals surface area contributed by atoms with Crippen LogP contribution in [0.2, 0.25) is 0 Å². The smallest absolute Gasteiger partial charge is 0.104 e. The van der Waals surface area contributed by atoms with Crippen molar-refractivity contribution in [3.63, 3.8) is 0 Å². The van der Waals surface area contributed by atoms with Crippen molar-refractivity contribution in [2.24, 2.45) is 0 Å². The molecular formula is C79H44N6. The fourth-order valence-electron chi connectivity index (χ4n) is 16.3. The van der Waals surface area contributed by atoms with E-state index in [0.717, 1.165) is 143 Å². The molecule has 4 bridgehead atoms. The number of nitriles is 1. The van der Waals surface area contributed by atoms with Crippen LogP contribution in [0, 0.1) is 11.3 Å². The molecular weight excluding hydrogens is 1030 g/mol. The Hall–Kier alpha value is -11.5. The normalized spacial score (nSPS) is 14.4. The molecule has 6 heteroatoms. The van der Waals surface area contributed by atoms with E-state index in [9.17, 15) is 5.26 Å². The number of pyridine rings is 1. The molecule has 0 N–H and O–H groups in total. The molecule has 0 saturated carbocycles. The van der Waals surface area contributed by atoms with Gasteiger partial charge < -0.3 is 17.9 Å². The number of nitrogens with zero attached hydrogens (tertiary/aromatic N) is 6. The number of para-hydroxylation sites is 6. The lowest BCUT2D eigenvalue weighted by molar-refractivity contribution is 0.792. The van der Waals surface area contributed by atoms with Crippen molar-refractivity contribution >= 4 is 109 Å². The molecule has 390 valence electrons. The lowest BCUT2D eigenvalue weighted by atomic mass is 9.70. The van der Waals surface area contributed by atoms with Gasteiger partial charge in [-0.1, -0.05) is 200 Å². The standard InChI is InChI=1S/C79H44N6/c80-44-59-75(82-65-30-11-3-19-49(65)50-20-4-12-31-66(50)82)77(83-67-32-13-5-21-51(67)52-22-6-14-33-68(52)83)74(58-26-17-29-64-73(58)57-25-2-10-28-62(57)79(64)61-27-9-1-18-48(61)60-45-81-41-40-63(60)79)78-76(59)84-69-34-15-7-23-53(69)55-38-36-46(42-71(55)84)47-37-39-56-54-24-8-16-35-70(54)85(78)72(56)43-47/h1-43,45H. The van der Waals surface area contributed by atoms with Crippen molar-refractivity contribution in [2.45, 2.75) is 5.41 Å². The molecule has 0 saturated heterocycles. The van der Waals surface area contributed by atoms with Gasteiger partial charge in [0.1, 0.15) is 11.6 Å². The van der Waals surface area contributed by atoms with Gasteiger partial charge in [-0.3, -0.25) is 4.98 Å². The highest BCUT2D eigenvalue weighted by molar-refractivity contribution is 6.22. The summed E-state index contributed by atoms with van der Waals surface area (Å²) in [7, 11) is 0. The van der Waals surface area contributed by atoms with Crippen LogP contribution in [0.3, 0.4) is 0 Å². The molecule has 2 aliphatic rings. The van der Waals surface area contributed by atoms with Crippen molar-refractivity contribution in [1.82, 2.24) is 22.9 Å². The summed E-state index contributed by atoms with van der Waals surface area (Å²) in [6, 6.07) is 97.4. The zero-order valence-electron chi connectivity index (χ0n) is 45.6. The Kier molecular flexibility index (Phi) is 8.57. The summed E-state index contributed by atoms with van der Waals surface area (Å²) in [5.41, 5.74) is 23.2. The van der Waals surface area contributed by atoms with Crippen LogP contribution in [0.1, 0.15) is 27.8 Å². The highest BCUT2D eigenvalue weighted by Gasteiger charge is 2.52. The van der Waals surface area contributed by atoms with E-state index in [4.69, 9.17) is 4.98 Å². The van der Waals surface area contributed by atoms with E-state index in [1.54, 1.807) is 0 Å². The summed E-state index contributed by atoms with van der Waals surface area (Å²) in [6.45, 7) is 0. The fraction of sp³-hybridized carbons (Fsp3) is 0.0127. The van der Waals surface area contributed by atoms with Crippen LogP contribution in [-0.2, 0) is 5.41 Å². The first-order valence-electron chi connectivity index (χ1n) is 29.2. The minimum atomic E-state index is -0.680. The van der Waals surface area contributed by atoms with Crippen LogP contribution < -0.4 is 0 Å². The van der Waals surface area contributed by atoms with Crippen LogP contribution >= 0.6 is 0 Å². The second-order valence-corrected chi connectivity index (χ2v) is 23.2. The van der Waals surface area contributed by atoms with E-state index in [2.05, 4.69) is 285 Å². The maximum atomic E-state index is 13.2. The van der Waals surface area contributed by atoms with Gasteiger partial charge >= 0.3 is 0 Å². The van der Waals surface area contributed by atoms with E-state index in [-0.39, 0.29) is 0 Å². The SMILES string of the molecule is N#Cc1c(-n2c3ccccc3c3ccccc32)c(-n2c3ccccc3c3ccccc32)c(-c2cccc3c2-c2ccccc2C32c3ccccc3-c3cnccc32)c2c1n1c3ccccc3c3ccc(cc31)c1ccc3c4ccccc4n2c3c1. The summed E-state index contributed by atoms with van der Waals surface area (Å²) in [4.78, 5) is 4.80. The first kappa shape index (κ1) is 45.1. The molecule has 6 aromatic heterocycles. The highest BCUT2D eigenvalue weighted by Crippen LogP contribution is 2.65. The molecule has 6 heterocycles. The average molecular weight is 1080 g/mol. The molecule has 20 rings (SSSR count). The molecule has 0 aliphatic heterocycles. The molecule has 1 unspecified atom stereocenters. The molecule has 0 fully saturated rings. The largest absolute Gasteiger partial charge is 0.306 e. The van der Waals surface area contributed by atoms with Gasteiger partial charge in [-0.15, -0.1) is 0 Å². The first-order valence-corrected chi connectivity index (χ1v) is 29.2. The van der Waals surface area contributed by atoms with Gasteiger partial charge in [0.15, 0.2) is 0 Å². The summed E-state index contributed by atoms with van der Waals surface area (Å²) < 4.78 is 9.95. The van der Waals surface area contributed by atoms with Crippen molar-refractivity contribution in [1.29, 1.82) is 5.26 Å². The average Bonchev–Trinajstić information content (AvgIpc) is 1.58. The maximum absolute atomic E-state index is 13.2. The molecule has 0 radical (unpaired) electrons. The topological polar surface area (TPSA) is 55.4 Å². The van der Waals surface area contributed by atoms with Gasteiger partial charge in [0.25, 0.3) is 0 Å². The lowest BCUT2D eigenvalue weighted by Crippen LogP contribution is -2.25. The molecule has 18 aromatic rings. The van der Waals surface area contributed by atoms with Crippen molar-refractivity contribution in [3.8, 4) is 50.8 Å². The molecule has 1 atom stereocenters. The van der Waals surface area contributed by atoms with Gasteiger partial charge in [0, 0.05) is 66.6 Å². The molecule has 1 spiro atoms. The summed E-state index contributed by atoms with van der Waals surface area (Å²) in [5.74, 6) is 0. The van der Waals surface area contributed by atoms with E-state index in [0.29, 0.717) is 5.56 Å². The number of hydrogen-bond donors (Lipinski definition) is 0. The second-order valence-electron chi connectivity index (χ2n) is 23.2. The van der Waals surface area contributed by atoms with Gasteiger partial charge in [0.05, 0.1) is 72.0 Å². The Morgan fingerprint density at radius 3 is 1.28 bits per heavy atom. The van der Waals surface area contributed by atoms with E-state index < -0.39 is 5.41 Å². The predicted octanol–water partition coefficient (Wildman–Crippen LogP) is 19.4. The Balaban J connectivity index is 1.17. The van der Waals surface area contributed by atoms with Crippen LogP contribution in [-0.4, -0.2) is 22.9 Å². The van der Waals surface area contributed by atoms with Crippen LogP contribution in [0.25, 0.3) is 154 Å². The maximum Gasteiger partial charge on any atom is 0.104 e. The fourth-order valence-corrected chi connectivity index (χ4v) is 16.3. The minimum Gasteiger partial charge on any atom is -0.306 e. The second kappa shape index (κ2) is 16.1. The number of rotatable bonds is 3. The van der Waals surface area contributed by atoms with Crippen molar-refractivity contribution < 1.29 is 0 Å². The number of aromatic nitrogens is 5. The van der Waals surface area contributed by atoms with E-state index in [1.807, 2.05) is 6.20 Å². The summed E-state index contributed by atoms with van der Waals surface area (Å²) in [5, 5.41) is 24.4. The van der Waals surface area contributed by atoms with Gasteiger partial charge in [-0.05, 0) is 110 Å². The van der Waals surface area contributed by atoms with Crippen molar-refractivity contribution in [2.75, 3.05) is 0 Å². The van der Waals surface area contributed by atoms with Gasteiger partial charge in [-0.25, -0.2) is 0 Å². The molecule has 6 nitrogen and oxygen atoms in total. The minimum absolute atomic E-state index is 0.549. The molecule has 12 aromatic carbocycles. The van der Waals surface area contributed by atoms with Gasteiger partial charge in [-0.2, -0.15) is 5.26 Å². The summed E-state index contributed by atoms with van der Waals surface area (Å²) in [6.07, 6.45) is 4.03. The van der Waals surface area contributed by atoms with Crippen LogP contribution in [0.5, 0.6) is 0 Å². The van der Waals surface area contributed by atoms with E-state index >= 15 is 0 Å². The monoisotopic (exact) mass is 1080 g/mol. The molecule has 85 heavy (non-hydrogen) atoms. The number of benzene rings is 12. The Morgan fingerprint density at radius 2 is 0.729 bits per heavy atom. The Bertz CT molecular complexity index is 5980. The van der Waals surface area contributed by atoms with E-state index in [1.165, 1.54) is 33.4 Å². The highest BCUT2D eigenvalue weighted by atomic mass is 15.1. The lowest BCUT2D eigenvalue weighted by Gasteiger charge is -2.30. The first-order chi connectivity index (χ1) is 42.2. The molecule has 0 amide bonds. The number of fused-ring (bicyclic) bond motifs is 28. The summed E-state index contributed by atoms with van der Waals surface area (Å²) >= 11 is 0. The van der Waals surface area contributed by atoms with Gasteiger partial charge in [0.2, 0.25) is 0 Å². The third-order valence-electron chi connectivity index (χ3n) is 19.4. The Morgan fingerprint density at radius 1 is 0.318 bits per heavy atom.